The van der Waals surface area contributed by atoms with Gasteiger partial charge in [-0.05, 0) is 25.1 Å². The molecule has 1 aromatic carbocycles. The summed E-state index contributed by atoms with van der Waals surface area (Å²) in [5.41, 5.74) is 0.984. The fourth-order valence-corrected chi connectivity index (χ4v) is 1.17. The van der Waals surface area contributed by atoms with Crippen molar-refractivity contribution < 1.29 is 14.3 Å². The van der Waals surface area contributed by atoms with Crippen LogP contribution in [0.4, 0.5) is 10.5 Å². The van der Waals surface area contributed by atoms with Crippen molar-refractivity contribution in [2.75, 3.05) is 26.0 Å². The Morgan fingerprint density at radius 3 is 2.65 bits per heavy atom. The fourth-order valence-electron chi connectivity index (χ4n) is 1.17. The van der Waals surface area contributed by atoms with E-state index in [1.54, 1.807) is 45.3 Å². The molecule has 0 aliphatic carbocycles. The lowest BCUT2D eigenvalue weighted by molar-refractivity contribution is 0.0526. The number of urea groups is 1. The maximum absolute atomic E-state index is 11.5. The SMILES string of the molecule is CCOC(=O)c1cccc(NC(=O)N(C)C)c1. The van der Waals surface area contributed by atoms with Gasteiger partial charge in [0.2, 0.25) is 0 Å². The lowest BCUT2D eigenvalue weighted by Gasteiger charge is -2.12. The van der Waals surface area contributed by atoms with Gasteiger partial charge in [0.1, 0.15) is 0 Å². The van der Waals surface area contributed by atoms with Gasteiger partial charge in [0, 0.05) is 19.8 Å². The highest BCUT2D eigenvalue weighted by molar-refractivity contribution is 5.93. The molecule has 5 heteroatoms. The number of hydrogen-bond donors (Lipinski definition) is 1. The van der Waals surface area contributed by atoms with Crippen LogP contribution in [0.25, 0.3) is 0 Å². The van der Waals surface area contributed by atoms with Crippen LogP contribution in [-0.2, 0) is 4.74 Å². The van der Waals surface area contributed by atoms with Gasteiger partial charge in [0.05, 0.1) is 12.2 Å². The van der Waals surface area contributed by atoms with Gasteiger partial charge in [-0.3, -0.25) is 0 Å². The zero-order valence-corrected chi connectivity index (χ0v) is 10.2. The van der Waals surface area contributed by atoms with Crippen molar-refractivity contribution in [1.82, 2.24) is 4.90 Å². The second-order valence-corrected chi connectivity index (χ2v) is 3.63. The highest BCUT2D eigenvalue weighted by Gasteiger charge is 2.08. The minimum atomic E-state index is -0.395. The van der Waals surface area contributed by atoms with Gasteiger partial charge in [-0.1, -0.05) is 6.07 Å². The molecule has 0 aromatic heterocycles. The van der Waals surface area contributed by atoms with Crippen LogP contribution in [0.5, 0.6) is 0 Å². The van der Waals surface area contributed by atoms with E-state index in [1.807, 2.05) is 0 Å². The van der Waals surface area contributed by atoms with Gasteiger partial charge < -0.3 is 15.0 Å². The summed E-state index contributed by atoms with van der Waals surface area (Å²) in [4.78, 5) is 24.3. The first-order chi connectivity index (χ1) is 8.04. The predicted molar refractivity (Wildman–Crippen MR) is 65.1 cm³/mol. The molecule has 0 saturated heterocycles. The third-order valence-corrected chi connectivity index (χ3v) is 2.03. The highest BCUT2D eigenvalue weighted by atomic mass is 16.5. The van der Waals surface area contributed by atoms with Crippen molar-refractivity contribution in [2.24, 2.45) is 0 Å². The minimum Gasteiger partial charge on any atom is -0.462 e. The van der Waals surface area contributed by atoms with Gasteiger partial charge in [0.15, 0.2) is 0 Å². The quantitative estimate of drug-likeness (QED) is 0.816. The van der Waals surface area contributed by atoms with E-state index in [1.165, 1.54) is 4.90 Å². The molecule has 0 unspecified atom stereocenters. The Morgan fingerprint density at radius 1 is 1.35 bits per heavy atom. The van der Waals surface area contributed by atoms with Crippen LogP contribution < -0.4 is 5.32 Å². The van der Waals surface area contributed by atoms with E-state index in [9.17, 15) is 9.59 Å². The average molecular weight is 236 g/mol. The maximum atomic E-state index is 11.5. The fraction of sp³-hybridized carbons (Fsp3) is 0.333. The summed E-state index contributed by atoms with van der Waals surface area (Å²) < 4.78 is 4.87. The molecule has 92 valence electrons. The van der Waals surface area contributed by atoms with E-state index in [4.69, 9.17) is 4.74 Å². The summed E-state index contributed by atoms with van der Waals surface area (Å²) in [5.74, 6) is -0.395. The molecule has 0 aliphatic heterocycles. The van der Waals surface area contributed by atoms with Gasteiger partial charge in [-0.2, -0.15) is 0 Å². The van der Waals surface area contributed by atoms with Crippen molar-refractivity contribution in [1.29, 1.82) is 0 Å². The van der Waals surface area contributed by atoms with Crippen molar-refractivity contribution in [3.63, 3.8) is 0 Å². The Morgan fingerprint density at radius 2 is 2.06 bits per heavy atom. The Balaban J connectivity index is 2.79. The standard InChI is InChI=1S/C12H16N2O3/c1-4-17-11(15)9-6-5-7-10(8-9)13-12(16)14(2)3/h5-8H,4H2,1-3H3,(H,13,16). The molecule has 0 spiro atoms. The first-order valence-electron chi connectivity index (χ1n) is 5.30. The molecule has 0 heterocycles. The lowest BCUT2D eigenvalue weighted by atomic mass is 10.2. The molecule has 2 amide bonds. The second-order valence-electron chi connectivity index (χ2n) is 3.63. The van der Waals surface area contributed by atoms with Crippen LogP contribution in [0, 0.1) is 0 Å². The normalized spacial score (nSPS) is 9.59. The Bertz CT molecular complexity index is 416. The monoisotopic (exact) mass is 236 g/mol. The molecule has 0 atom stereocenters. The predicted octanol–water partition coefficient (Wildman–Crippen LogP) is 1.96. The molecular formula is C12H16N2O3. The largest absolute Gasteiger partial charge is 0.462 e. The number of carbonyl (C=O) groups is 2. The number of ether oxygens (including phenoxy) is 1. The highest BCUT2D eigenvalue weighted by Crippen LogP contribution is 2.12. The Labute approximate surface area is 100 Å². The van der Waals surface area contributed by atoms with Crippen molar-refractivity contribution in [3.05, 3.63) is 29.8 Å². The number of carbonyl (C=O) groups excluding carboxylic acids is 2. The third-order valence-electron chi connectivity index (χ3n) is 2.03. The topological polar surface area (TPSA) is 58.6 Å². The van der Waals surface area contributed by atoms with Gasteiger partial charge in [-0.25, -0.2) is 9.59 Å². The van der Waals surface area contributed by atoms with Crippen LogP contribution in [0.1, 0.15) is 17.3 Å². The van der Waals surface area contributed by atoms with Crippen LogP contribution in [0.15, 0.2) is 24.3 Å². The lowest BCUT2D eigenvalue weighted by Crippen LogP contribution is -2.27. The molecule has 0 radical (unpaired) electrons. The zero-order chi connectivity index (χ0) is 12.8. The molecule has 0 bridgehead atoms. The summed E-state index contributed by atoms with van der Waals surface area (Å²) in [6.45, 7) is 2.07. The number of esters is 1. The zero-order valence-electron chi connectivity index (χ0n) is 10.2. The average Bonchev–Trinajstić information content (AvgIpc) is 2.29. The molecule has 1 aromatic rings. The minimum absolute atomic E-state index is 0.244. The Hall–Kier alpha value is -2.04. The van der Waals surface area contributed by atoms with E-state index in [-0.39, 0.29) is 6.03 Å². The van der Waals surface area contributed by atoms with Crippen molar-refractivity contribution in [2.45, 2.75) is 6.92 Å². The molecule has 1 N–H and O–H groups in total. The first-order valence-corrected chi connectivity index (χ1v) is 5.30. The molecule has 5 nitrogen and oxygen atoms in total. The summed E-state index contributed by atoms with van der Waals surface area (Å²) in [6.07, 6.45) is 0. The molecule has 0 aliphatic rings. The Kier molecular flexibility index (Phi) is 4.51. The number of rotatable bonds is 3. The smallest absolute Gasteiger partial charge is 0.338 e. The van der Waals surface area contributed by atoms with Crippen molar-refractivity contribution in [3.8, 4) is 0 Å². The number of anilines is 1. The number of amides is 2. The molecule has 0 fully saturated rings. The third kappa shape index (κ3) is 3.79. The van der Waals surface area contributed by atoms with Gasteiger partial charge in [-0.15, -0.1) is 0 Å². The van der Waals surface area contributed by atoms with E-state index in [0.29, 0.717) is 17.9 Å². The van der Waals surface area contributed by atoms with Crippen LogP contribution in [0.2, 0.25) is 0 Å². The molecule has 0 saturated carbocycles. The van der Waals surface area contributed by atoms with Crippen LogP contribution >= 0.6 is 0 Å². The van der Waals surface area contributed by atoms with Gasteiger partial charge >= 0.3 is 12.0 Å². The van der Waals surface area contributed by atoms with E-state index >= 15 is 0 Å². The van der Waals surface area contributed by atoms with Crippen LogP contribution in [-0.4, -0.2) is 37.6 Å². The number of nitrogens with zero attached hydrogens (tertiary/aromatic N) is 1. The first kappa shape index (κ1) is 13.0. The molecule has 1 rings (SSSR count). The maximum Gasteiger partial charge on any atom is 0.338 e. The number of benzene rings is 1. The summed E-state index contributed by atoms with van der Waals surface area (Å²) in [7, 11) is 3.29. The van der Waals surface area contributed by atoms with Gasteiger partial charge in [0.25, 0.3) is 0 Å². The molecular weight excluding hydrogens is 220 g/mol. The summed E-state index contributed by atoms with van der Waals surface area (Å²) in [6, 6.07) is 6.38. The van der Waals surface area contributed by atoms with E-state index < -0.39 is 5.97 Å². The second kappa shape index (κ2) is 5.89. The van der Waals surface area contributed by atoms with E-state index in [2.05, 4.69) is 5.32 Å². The summed E-state index contributed by atoms with van der Waals surface area (Å²) >= 11 is 0. The molecule has 17 heavy (non-hydrogen) atoms. The van der Waals surface area contributed by atoms with Crippen molar-refractivity contribution >= 4 is 17.7 Å². The summed E-state index contributed by atoms with van der Waals surface area (Å²) in [5, 5.41) is 2.66. The van der Waals surface area contributed by atoms with E-state index in [0.717, 1.165) is 0 Å². The number of hydrogen-bond acceptors (Lipinski definition) is 3. The van der Waals surface area contributed by atoms with Crippen LogP contribution in [0.3, 0.4) is 0 Å². The number of nitrogens with one attached hydrogen (secondary N) is 1.